The van der Waals surface area contributed by atoms with Crippen LogP contribution < -0.4 is 0 Å². The van der Waals surface area contributed by atoms with Gasteiger partial charge in [0, 0.05) is 10.5 Å². The van der Waals surface area contributed by atoms with Gasteiger partial charge < -0.3 is 4.42 Å². The van der Waals surface area contributed by atoms with Crippen LogP contribution in [0.2, 0.25) is 0 Å². The second-order valence-corrected chi connectivity index (χ2v) is 5.54. The number of benzene rings is 2. The predicted octanol–water partition coefficient (Wildman–Crippen LogP) is 4.94. The van der Waals surface area contributed by atoms with Crippen LogP contribution in [-0.4, -0.2) is 4.98 Å². The van der Waals surface area contributed by atoms with Crippen LogP contribution in [-0.2, 0) is 5.75 Å². The van der Waals surface area contributed by atoms with E-state index in [1.165, 1.54) is 4.90 Å². The van der Waals surface area contributed by atoms with E-state index in [2.05, 4.69) is 17.1 Å². The largest absolute Gasteiger partial charge is 0.440 e. The molecule has 0 unspecified atom stereocenters. The number of aromatic nitrogens is 1. The smallest absolute Gasteiger partial charge is 0.205 e. The molecule has 0 bridgehead atoms. The number of rotatable bonds is 4. The lowest BCUT2D eigenvalue weighted by molar-refractivity contribution is 0.529. The lowest BCUT2D eigenvalue weighted by Crippen LogP contribution is -1.80. The number of nitrogens with zero attached hydrogens (tertiary/aromatic N) is 1. The molecular formula is C17H15NOS. The highest BCUT2D eigenvalue weighted by molar-refractivity contribution is 7.98. The van der Waals surface area contributed by atoms with Gasteiger partial charge in [0.1, 0.15) is 0 Å². The van der Waals surface area contributed by atoms with Gasteiger partial charge in [0.2, 0.25) is 5.89 Å². The Hall–Kier alpha value is -2.00. The molecule has 2 nitrogen and oxygen atoms in total. The summed E-state index contributed by atoms with van der Waals surface area (Å²) < 4.78 is 5.89. The van der Waals surface area contributed by atoms with E-state index in [4.69, 9.17) is 4.42 Å². The van der Waals surface area contributed by atoms with E-state index >= 15 is 0 Å². The van der Waals surface area contributed by atoms with Crippen molar-refractivity contribution < 1.29 is 4.42 Å². The number of oxazole rings is 1. The molecule has 0 spiro atoms. The minimum atomic E-state index is 0.748. The van der Waals surface area contributed by atoms with Crippen LogP contribution in [0.5, 0.6) is 0 Å². The first-order valence-corrected chi connectivity index (χ1v) is 7.51. The molecule has 0 amide bonds. The van der Waals surface area contributed by atoms with Crippen LogP contribution in [0.3, 0.4) is 0 Å². The number of hydrogen-bond donors (Lipinski definition) is 0. The van der Waals surface area contributed by atoms with Crippen LogP contribution in [0.4, 0.5) is 0 Å². The van der Waals surface area contributed by atoms with E-state index in [0.717, 1.165) is 28.7 Å². The number of thioether (sulfide) groups is 1. The molecule has 3 aromatic rings. The van der Waals surface area contributed by atoms with Crippen molar-refractivity contribution in [2.24, 2.45) is 0 Å². The summed E-state index contributed by atoms with van der Waals surface area (Å²) in [6.45, 7) is 1.99. The molecule has 0 saturated heterocycles. The lowest BCUT2D eigenvalue weighted by Gasteiger charge is -1.98. The zero-order valence-electron chi connectivity index (χ0n) is 11.2. The molecule has 0 radical (unpaired) electrons. The maximum absolute atomic E-state index is 5.89. The van der Waals surface area contributed by atoms with Crippen LogP contribution in [0, 0.1) is 6.92 Å². The first kappa shape index (κ1) is 13.0. The number of aryl methyl sites for hydroxylation is 1. The molecular weight excluding hydrogens is 266 g/mol. The van der Waals surface area contributed by atoms with E-state index in [0.29, 0.717) is 0 Å². The minimum absolute atomic E-state index is 0.748. The minimum Gasteiger partial charge on any atom is -0.440 e. The van der Waals surface area contributed by atoms with Crippen molar-refractivity contribution in [2.45, 2.75) is 17.6 Å². The fraction of sp³-hybridized carbons (Fsp3) is 0.118. The van der Waals surface area contributed by atoms with Gasteiger partial charge in [-0.1, -0.05) is 48.5 Å². The van der Waals surface area contributed by atoms with Crippen LogP contribution in [0.25, 0.3) is 11.3 Å². The third-order valence-corrected chi connectivity index (χ3v) is 3.98. The van der Waals surface area contributed by atoms with E-state index < -0.39 is 0 Å². The summed E-state index contributed by atoms with van der Waals surface area (Å²) in [4.78, 5) is 5.74. The molecule has 3 rings (SSSR count). The Morgan fingerprint density at radius 2 is 1.60 bits per heavy atom. The van der Waals surface area contributed by atoms with Gasteiger partial charge in [0.15, 0.2) is 5.76 Å². The molecule has 0 fully saturated rings. The lowest BCUT2D eigenvalue weighted by atomic mass is 10.1. The van der Waals surface area contributed by atoms with Crippen LogP contribution in [0.1, 0.15) is 11.6 Å². The second kappa shape index (κ2) is 5.97. The van der Waals surface area contributed by atoms with Crippen LogP contribution >= 0.6 is 11.8 Å². The predicted molar refractivity (Wildman–Crippen MR) is 82.7 cm³/mol. The highest BCUT2D eigenvalue weighted by atomic mass is 32.2. The zero-order chi connectivity index (χ0) is 13.8. The van der Waals surface area contributed by atoms with Gasteiger partial charge in [0.05, 0.1) is 11.4 Å². The van der Waals surface area contributed by atoms with Crippen LogP contribution in [0.15, 0.2) is 70.0 Å². The monoisotopic (exact) mass is 281 g/mol. The van der Waals surface area contributed by atoms with Gasteiger partial charge in [-0.25, -0.2) is 4.98 Å². The number of hydrogen-bond acceptors (Lipinski definition) is 3. The fourth-order valence-corrected chi connectivity index (χ4v) is 2.80. The standard InChI is InChI=1S/C17H15NOS/c1-13-17(14-8-4-2-5-9-14)19-16(18-13)12-20-15-10-6-3-7-11-15/h2-11H,12H2,1H3. The van der Waals surface area contributed by atoms with Gasteiger partial charge in [-0.3, -0.25) is 0 Å². The van der Waals surface area contributed by atoms with E-state index in [1.54, 1.807) is 11.8 Å². The molecule has 0 aliphatic heterocycles. The maximum Gasteiger partial charge on any atom is 0.205 e. The molecule has 0 aliphatic rings. The maximum atomic E-state index is 5.89. The Kier molecular flexibility index (Phi) is 3.88. The molecule has 1 aromatic heterocycles. The molecule has 0 atom stereocenters. The fourth-order valence-electron chi connectivity index (χ4n) is 2.03. The highest BCUT2D eigenvalue weighted by Crippen LogP contribution is 2.28. The van der Waals surface area contributed by atoms with Crippen molar-refractivity contribution in [1.29, 1.82) is 0 Å². The molecule has 20 heavy (non-hydrogen) atoms. The van der Waals surface area contributed by atoms with Crippen molar-refractivity contribution in [1.82, 2.24) is 4.98 Å². The van der Waals surface area contributed by atoms with E-state index in [-0.39, 0.29) is 0 Å². The van der Waals surface area contributed by atoms with Crippen molar-refractivity contribution in [3.63, 3.8) is 0 Å². The summed E-state index contributed by atoms with van der Waals surface area (Å²) in [5.41, 5.74) is 2.02. The highest BCUT2D eigenvalue weighted by Gasteiger charge is 2.11. The molecule has 3 heteroatoms. The van der Waals surface area contributed by atoms with Crippen molar-refractivity contribution >= 4 is 11.8 Å². The van der Waals surface area contributed by atoms with Crippen molar-refractivity contribution in [3.05, 3.63) is 72.2 Å². The zero-order valence-corrected chi connectivity index (χ0v) is 12.1. The Balaban J connectivity index is 1.76. The summed E-state index contributed by atoms with van der Waals surface area (Å²) in [5.74, 6) is 2.39. The average Bonchev–Trinajstić information content (AvgIpc) is 2.88. The van der Waals surface area contributed by atoms with Gasteiger partial charge >= 0.3 is 0 Å². The quantitative estimate of drug-likeness (QED) is 0.633. The molecule has 1 heterocycles. The average molecular weight is 281 g/mol. The summed E-state index contributed by atoms with van der Waals surface area (Å²) in [6.07, 6.45) is 0. The summed E-state index contributed by atoms with van der Waals surface area (Å²) in [6, 6.07) is 20.4. The van der Waals surface area contributed by atoms with E-state index in [9.17, 15) is 0 Å². The molecule has 2 aromatic carbocycles. The molecule has 0 N–H and O–H groups in total. The Labute approximate surface area is 122 Å². The first-order valence-electron chi connectivity index (χ1n) is 6.52. The van der Waals surface area contributed by atoms with Crippen molar-refractivity contribution in [3.8, 4) is 11.3 Å². The normalized spacial score (nSPS) is 10.7. The second-order valence-electron chi connectivity index (χ2n) is 4.49. The molecule has 0 saturated carbocycles. The summed E-state index contributed by atoms with van der Waals surface area (Å²) in [7, 11) is 0. The third-order valence-electron chi connectivity index (χ3n) is 2.98. The molecule has 100 valence electrons. The third kappa shape index (κ3) is 2.94. The Morgan fingerprint density at radius 3 is 2.30 bits per heavy atom. The van der Waals surface area contributed by atoms with Gasteiger partial charge in [-0.15, -0.1) is 11.8 Å². The molecule has 0 aliphatic carbocycles. The summed E-state index contributed by atoms with van der Waals surface area (Å²) >= 11 is 1.73. The van der Waals surface area contributed by atoms with Crippen molar-refractivity contribution in [2.75, 3.05) is 0 Å². The Morgan fingerprint density at radius 1 is 0.950 bits per heavy atom. The SMILES string of the molecule is Cc1nc(CSc2ccccc2)oc1-c1ccccc1. The Bertz CT molecular complexity index is 677. The van der Waals surface area contributed by atoms with Gasteiger partial charge in [0.25, 0.3) is 0 Å². The van der Waals surface area contributed by atoms with E-state index in [1.807, 2.05) is 55.5 Å². The first-order chi connectivity index (χ1) is 9.83. The van der Waals surface area contributed by atoms with Gasteiger partial charge in [-0.2, -0.15) is 0 Å². The van der Waals surface area contributed by atoms with Gasteiger partial charge in [-0.05, 0) is 19.1 Å². The summed E-state index contributed by atoms with van der Waals surface area (Å²) in [5, 5.41) is 0. The topological polar surface area (TPSA) is 26.0 Å².